The van der Waals surface area contributed by atoms with E-state index in [1.54, 1.807) is 59.0 Å². The minimum absolute atomic E-state index is 0.114. The Balaban J connectivity index is 0.000000283. The summed E-state index contributed by atoms with van der Waals surface area (Å²) < 4.78 is 28.5. The van der Waals surface area contributed by atoms with Crippen molar-refractivity contribution in [2.75, 3.05) is 13.2 Å². The predicted octanol–water partition coefficient (Wildman–Crippen LogP) is 2.11. The van der Waals surface area contributed by atoms with Crippen molar-refractivity contribution in [2.24, 2.45) is 0 Å². The van der Waals surface area contributed by atoms with Gasteiger partial charge in [0, 0.05) is 24.8 Å². The SMILES string of the molecule is CCn1ncc(S(=O)(=O)n2cc3c(n2)CN(C(=O)[C@H](CO)c2ccccc2)C3)c1C.O=C(O)[C@H](CO)c1ccccc1. The van der Waals surface area contributed by atoms with Crippen molar-refractivity contribution in [3.8, 4) is 0 Å². The highest BCUT2D eigenvalue weighted by atomic mass is 32.2. The Morgan fingerprint density at radius 2 is 1.50 bits per heavy atom. The fraction of sp³-hybridized carbons (Fsp3) is 0.310. The number of carbonyl (C=O) groups excluding carboxylic acids is 1. The Bertz CT molecular complexity index is 1610. The monoisotopic (exact) mass is 595 g/mol. The van der Waals surface area contributed by atoms with Crippen LogP contribution >= 0.6 is 0 Å². The Morgan fingerprint density at radius 3 is 1.98 bits per heavy atom. The van der Waals surface area contributed by atoms with E-state index in [2.05, 4.69) is 10.2 Å². The van der Waals surface area contributed by atoms with Gasteiger partial charge in [0.2, 0.25) is 5.91 Å². The molecular weight excluding hydrogens is 562 g/mol. The van der Waals surface area contributed by atoms with E-state index in [1.807, 2.05) is 25.1 Å². The summed E-state index contributed by atoms with van der Waals surface area (Å²) in [7, 11) is -3.86. The molecular formula is C29H33N5O7S. The van der Waals surface area contributed by atoms with Gasteiger partial charge in [-0.25, -0.2) is 0 Å². The molecule has 1 aliphatic rings. The Kier molecular flexibility index (Phi) is 9.55. The number of aliphatic carboxylic acids is 1. The number of aryl methyl sites for hydroxylation is 1. The minimum Gasteiger partial charge on any atom is -0.481 e. The molecule has 2 aromatic heterocycles. The maximum absolute atomic E-state index is 13.0. The third-order valence-corrected chi connectivity index (χ3v) is 8.75. The highest BCUT2D eigenvalue weighted by Crippen LogP contribution is 2.28. The van der Waals surface area contributed by atoms with Crippen molar-refractivity contribution < 1.29 is 33.3 Å². The van der Waals surface area contributed by atoms with Crippen LogP contribution in [0.5, 0.6) is 0 Å². The van der Waals surface area contributed by atoms with Crippen LogP contribution in [0.25, 0.3) is 0 Å². The van der Waals surface area contributed by atoms with Crippen LogP contribution in [-0.2, 0) is 39.2 Å². The van der Waals surface area contributed by atoms with Crippen LogP contribution in [-0.4, -0.2) is 72.7 Å². The van der Waals surface area contributed by atoms with Gasteiger partial charge < -0.3 is 20.2 Å². The molecule has 1 amide bonds. The second kappa shape index (κ2) is 13.1. The highest BCUT2D eigenvalue weighted by molar-refractivity contribution is 7.89. The molecule has 12 nitrogen and oxygen atoms in total. The van der Waals surface area contributed by atoms with Crippen LogP contribution < -0.4 is 0 Å². The van der Waals surface area contributed by atoms with E-state index in [1.165, 1.54) is 12.4 Å². The van der Waals surface area contributed by atoms with Gasteiger partial charge in [-0.2, -0.15) is 22.7 Å². The van der Waals surface area contributed by atoms with Crippen molar-refractivity contribution >= 4 is 21.9 Å². The number of amides is 1. The topological polar surface area (TPSA) is 168 Å². The maximum atomic E-state index is 13.0. The summed E-state index contributed by atoms with van der Waals surface area (Å²) in [5.74, 6) is -2.67. The number of rotatable bonds is 9. The molecule has 3 heterocycles. The molecule has 0 saturated heterocycles. The molecule has 0 spiro atoms. The summed E-state index contributed by atoms with van der Waals surface area (Å²) in [5.41, 5.74) is 3.14. The van der Waals surface area contributed by atoms with Crippen LogP contribution in [0.3, 0.4) is 0 Å². The molecule has 2 aromatic carbocycles. The van der Waals surface area contributed by atoms with Gasteiger partial charge in [0.25, 0.3) is 10.0 Å². The lowest BCUT2D eigenvalue weighted by molar-refractivity contribution is -0.139. The number of benzene rings is 2. The molecule has 0 bridgehead atoms. The van der Waals surface area contributed by atoms with Crippen LogP contribution in [0.4, 0.5) is 0 Å². The Hall–Kier alpha value is -4.33. The average Bonchev–Trinajstić information content (AvgIpc) is 3.69. The van der Waals surface area contributed by atoms with E-state index in [0.29, 0.717) is 29.1 Å². The molecule has 0 aliphatic carbocycles. The molecule has 13 heteroatoms. The fourth-order valence-corrected chi connectivity index (χ4v) is 6.08. The number of aliphatic hydroxyl groups excluding tert-OH is 2. The Labute approximate surface area is 243 Å². The van der Waals surface area contributed by atoms with Crippen LogP contribution in [0.2, 0.25) is 0 Å². The maximum Gasteiger partial charge on any atom is 0.313 e. The summed E-state index contributed by atoms with van der Waals surface area (Å²) in [6, 6.07) is 17.8. The second-order valence-corrected chi connectivity index (χ2v) is 11.5. The van der Waals surface area contributed by atoms with Gasteiger partial charge in [0.05, 0.1) is 43.3 Å². The van der Waals surface area contributed by atoms with E-state index in [-0.39, 0.29) is 37.1 Å². The first-order chi connectivity index (χ1) is 20.1. The normalized spacial score (nSPS) is 14.0. The molecule has 42 heavy (non-hydrogen) atoms. The van der Waals surface area contributed by atoms with Crippen LogP contribution in [0.15, 0.2) is 78.0 Å². The number of carbonyl (C=O) groups is 2. The number of carboxylic acids is 1. The van der Waals surface area contributed by atoms with E-state index in [9.17, 15) is 23.1 Å². The molecule has 0 fully saturated rings. The number of carboxylic acid groups (broad SMARTS) is 1. The molecule has 5 rings (SSSR count). The first-order valence-electron chi connectivity index (χ1n) is 13.3. The lowest BCUT2D eigenvalue weighted by atomic mass is 9.98. The smallest absolute Gasteiger partial charge is 0.313 e. The molecule has 2 atom stereocenters. The van der Waals surface area contributed by atoms with Crippen LogP contribution in [0.1, 0.15) is 46.8 Å². The molecule has 3 N–H and O–H groups in total. The quantitative estimate of drug-likeness (QED) is 0.262. The lowest BCUT2D eigenvalue weighted by Crippen LogP contribution is -2.33. The van der Waals surface area contributed by atoms with Gasteiger partial charge in [-0.15, -0.1) is 0 Å². The predicted molar refractivity (Wildman–Crippen MR) is 152 cm³/mol. The summed E-state index contributed by atoms with van der Waals surface area (Å²) >= 11 is 0. The van der Waals surface area contributed by atoms with E-state index < -0.39 is 27.8 Å². The first-order valence-corrected chi connectivity index (χ1v) is 14.7. The standard InChI is InChI=1S/C20H23N5O4S.C9H10O3/c1-3-24-14(2)19(9-21-24)30(28,29)25-11-16-10-23(12-18(16)22-25)20(27)17(13-26)15-7-5-4-6-8-15;10-6-8(9(11)12)7-4-2-1-3-5-7/h4-9,11,17,26H,3,10,12-13H2,1-2H3;1-5,8,10H,6H2,(H,11,12)/t17-;8-/m11/s1. The van der Waals surface area contributed by atoms with Crippen LogP contribution in [0, 0.1) is 6.92 Å². The van der Waals surface area contributed by atoms with Gasteiger partial charge in [0.15, 0.2) is 0 Å². The zero-order chi connectivity index (χ0) is 30.4. The zero-order valence-corrected chi connectivity index (χ0v) is 24.1. The average molecular weight is 596 g/mol. The summed E-state index contributed by atoms with van der Waals surface area (Å²) in [6.45, 7) is 3.96. The van der Waals surface area contributed by atoms with Gasteiger partial charge in [-0.05, 0) is 25.0 Å². The van der Waals surface area contributed by atoms with Gasteiger partial charge in [0.1, 0.15) is 10.8 Å². The van der Waals surface area contributed by atoms with Crippen molar-refractivity contribution in [2.45, 2.75) is 50.2 Å². The molecule has 1 aliphatic heterocycles. The number of fused-ring (bicyclic) bond motifs is 1. The number of hydrogen-bond acceptors (Lipinski definition) is 8. The largest absolute Gasteiger partial charge is 0.481 e. The van der Waals surface area contributed by atoms with Crippen molar-refractivity contribution in [3.63, 3.8) is 0 Å². The molecule has 0 radical (unpaired) electrons. The molecule has 0 saturated carbocycles. The number of hydrogen-bond donors (Lipinski definition) is 3. The first kappa shape index (κ1) is 30.6. The van der Waals surface area contributed by atoms with E-state index in [0.717, 1.165) is 9.65 Å². The molecule has 222 valence electrons. The summed E-state index contributed by atoms with van der Waals surface area (Å²) in [4.78, 5) is 25.2. The second-order valence-electron chi connectivity index (χ2n) is 9.71. The highest BCUT2D eigenvalue weighted by Gasteiger charge is 2.33. The third kappa shape index (κ3) is 6.27. The summed E-state index contributed by atoms with van der Waals surface area (Å²) in [5, 5.41) is 35.5. The minimum atomic E-state index is -3.86. The van der Waals surface area contributed by atoms with Crippen molar-refractivity contribution in [1.29, 1.82) is 0 Å². The molecule has 0 unspecified atom stereocenters. The molecule has 4 aromatic rings. The summed E-state index contributed by atoms with van der Waals surface area (Å²) in [6.07, 6.45) is 2.79. The van der Waals surface area contributed by atoms with Gasteiger partial charge in [-0.1, -0.05) is 60.7 Å². The lowest BCUT2D eigenvalue weighted by Gasteiger charge is -2.22. The Morgan fingerprint density at radius 1 is 0.929 bits per heavy atom. The zero-order valence-electron chi connectivity index (χ0n) is 23.2. The van der Waals surface area contributed by atoms with Gasteiger partial charge >= 0.3 is 5.97 Å². The van der Waals surface area contributed by atoms with Crippen molar-refractivity contribution in [1.82, 2.24) is 23.9 Å². The van der Waals surface area contributed by atoms with Crippen molar-refractivity contribution in [3.05, 3.63) is 101 Å². The van der Waals surface area contributed by atoms with E-state index >= 15 is 0 Å². The van der Waals surface area contributed by atoms with Gasteiger partial charge in [-0.3, -0.25) is 14.3 Å². The van der Waals surface area contributed by atoms with E-state index in [4.69, 9.17) is 10.2 Å². The number of nitrogens with zero attached hydrogens (tertiary/aromatic N) is 5. The number of aliphatic hydroxyl groups is 2. The fourth-order valence-electron chi connectivity index (χ4n) is 4.75. The number of aromatic nitrogens is 4. The third-order valence-electron chi connectivity index (χ3n) is 7.12.